The molecule has 1 aliphatic rings. The Morgan fingerprint density at radius 1 is 1.39 bits per heavy atom. The SMILES string of the molecule is COCC(N)C(=O)Nc1cc(C(=O)N2CCOCC2)ccc1C. The van der Waals surface area contributed by atoms with Crippen LogP contribution in [0.5, 0.6) is 0 Å². The number of aryl methyl sites for hydroxylation is 1. The molecule has 0 radical (unpaired) electrons. The molecular formula is C16H23N3O4. The summed E-state index contributed by atoms with van der Waals surface area (Å²) in [6, 6.07) is 4.51. The summed E-state index contributed by atoms with van der Waals surface area (Å²) in [6.07, 6.45) is 0. The number of benzene rings is 1. The van der Waals surface area contributed by atoms with Crippen LogP contribution in [0.1, 0.15) is 15.9 Å². The molecule has 3 N–H and O–H groups in total. The number of methoxy groups -OCH3 is 1. The summed E-state index contributed by atoms with van der Waals surface area (Å²) in [5.41, 5.74) is 7.70. The van der Waals surface area contributed by atoms with Gasteiger partial charge in [-0.3, -0.25) is 9.59 Å². The van der Waals surface area contributed by atoms with Gasteiger partial charge in [0.25, 0.3) is 5.91 Å². The van der Waals surface area contributed by atoms with Gasteiger partial charge in [-0.15, -0.1) is 0 Å². The van der Waals surface area contributed by atoms with E-state index in [0.29, 0.717) is 37.6 Å². The minimum atomic E-state index is -0.752. The number of nitrogens with one attached hydrogen (secondary N) is 1. The van der Waals surface area contributed by atoms with Gasteiger partial charge in [0.15, 0.2) is 0 Å². The van der Waals surface area contributed by atoms with Gasteiger partial charge in [0.05, 0.1) is 19.8 Å². The molecule has 23 heavy (non-hydrogen) atoms. The van der Waals surface area contributed by atoms with E-state index in [0.717, 1.165) is 5.56 Å². The van der Waals surface area contributed by atoms with E-state index >= 15 is 0 Å². The van der Waals surface area contributed by atoms with Crippen molar-refractivity contribution in [2.24, 2.45) is 5.73 Å². The number of hydrogen-bond donors (Lipinski definition) is 2. The quantitative estimate of drug-likeness (QED) is 0.818. The van der Waals surface area contributed by atoms with Crippen molar-refractivity contribution in [3.05, 3.63) is 29.3 Å². The fourth-order valence-corrected chi connectivity index (χ4v) is 2.32. The summed E-state index contributed by atoms with van der Waals surface area (Å²) >= 11 is 0. The topological polar surface area (TPSA) is 93.9 Å². The third kappa shape index (κ3) is 4.51. The van der Waals surface area contributed by atoms with Crippen LogP contribution in [0.15, 0.2) is 18.2 Å². The monoisotopic (exact) mass is 321 g/mol. The van der Waals surface area contributed by atoms with Crippen LogP contribution in [0.3, 0.4) is 0 Å². The molecule has 1 unspecified atom stereocenters. The van der Waals surface area contributed by atoms with E-state index in [1.54, 1.807) is 17.0 Å². The van der Waals surface area contributed by atoms with Crippen molar-refractivity contribution < 1.29 is 19.1 Å². The highest BCUT2D eigenvalue weighted by Gasteiger charge is 2.20. The summed E-state index contributed by atoms with van der Waals surface area (Å²) in [4.78, 5) is 26.3. The Kier molecular flexibility index (Phi) is 6.09. The van der Waals surface area contributed by atoms with Crippen molar-refractivity contribution in [3.63, 3.8) is 0 Å². The summed E-state index contributed by atoms with van der Waals surface area (Å²) < 4.78 is 10.1. The Balaban J connectivity index is 2.11. The molecule has 1 aromatic carbocycles. The van der Waals surface area contributed by atoms with E-state index in [-0.39, 0.29) is 18.4 Å². The second kappa shape index (κ2) is 8.05. The van der Waals surface area contributed by atoms with Crippen LogP contribution >= 0.6 is 0 Å². The maximum Gasteiger partial charge on any atom is 0.254 e. The zero-order valence-corrected chi connectivity index (χ0v) is 13.5. The molecule has 2 rings (SSSR count). The van der Waals surface area contributed by atoms with Crippen molar-refractivity contribution in [2.45, 2.75) is 13.0 Å². The Morgan fingerprint density at radius 3 is 2.74 bits per heavy atom. The molecule has 7 heteroatoms. The molecule has 2 amide bonds. The van der Waals surface area contributed by atoms with E-state index < -0.39 is 6.04 Å². The Bertz CT molecular complexity index is 570. The van der Waals surface area contributed by atoms with Gasteiger partial charge in [-0.2, -0.15) is 0 Å². The average Bonchev–Trinajstić information content (AvgIpc) is 2.57. The Morgan fingerprint density at radius 2 is 2.09 bits per heavy atom. The van der Waals surface area contributed by atoms with Gasteiger partial charge in [-0.25, -0.2) is 0 Å². The first kappa shape index (κ1) is 17.4. The van der Waals surface area contributed by atoms with Gasteiger partial charge in [0.2, 0.25) is 5.91 Å². The van der Waals surface area contributed by atoms with Gasteiger partial charge < -0.3 is 25.4 Å². The van der Waals surface area contributed by atoms with Gasteiger partial charge in [-0.1, -0.05) is 6.07 Å². The van der Waals surface area contributed by atoms with Gasteiger partial charge in [-0.05, 0) is 24.6 Å². The van der Waals surface area contributed by atoms with Crippen molar-refractivity contribution in [1.29, 1.82) is 0 Å². The molecule has 1 atom stereocenters. The van der Waals surface area contributed by atoms with Crippen LogP contribution < -0.4 is 11.1 Å². The first-order valence-corrected chi connectivity index (χ1v) is 7.56. The number of carbonyl (C=O) groups excluding carboxylic acids is 2. The molecule has 0 bridgehead atoms. The molecule has 1 aliphatic heterocycles. The Hall–Kier alpha value is -1.96. The van der Waals surface area contributed by atoms with E-state index in [1.165, 1.54) is 7.11 Å². The molecule has 7 nitrogen and oxygen atoms in total. The lowest BCUT2D eigenvalue weighted by Crippen LogP contribution is -2.41. The zero-order valence-electron chi connectivity index (χ0n) is 13.5. The van der Waals surface area contributed by atoms with E-state index in [4.69, 9.17) is 15.2 Å². The molecular weight excluding hydrogens is 298 g/mol. The van der Waals surface area contributed by atoms with E-state index in [1.807, 2.05) is 13.0 Å². The molecule has 1 saturated heterocycles. The van der Waals surface area contributed by atoms with Crippen LogP contribution in [-0.2, 0) is 14.3 Å². The van der Waals surface area contributed by atoms with Crippen LogP contribution in [0, 0.1) is 6.92 Å². The lowest BCUT2D eigenvalue weighted by Gasteiger charge is -2.27. The molecule has 0 aliphatic carbocycles. The smallest absolute Gasteiger partial charge is 0.254 e. The Labute approximate surface area is 135 Å². The van der Waals surface area contributed by atoms with Gasteiger partial charge in [0.1, 0.15) is 6.04 Å². The first-order chi connectivity index (χ1) is 11.0. The lowest BCUT2D eigenvalue weighted by atomic mass is 10.1. The van der Waals surface area contributed by atoms with Crippen LogP contribution in [0.25, 0.3) is 0 Å². The van der Waals surface area contributed by atoms with Crippen molar-refractivity contribution in [3.8, 4) is 0 Å². The number of nitrogens with zero attached hydrogens (tertiary/aromatic N) is 1. The van der Waals surface area contributed by atoms with E-state index in [9.17, 15) is 9.59 Å². The molecule has 0 saturated carbocycles. The molecule has 1 heterocycles. The third-order valence-electron chi connectivity index (χ3n) is 3.72. The minimum absolute atomic E-state index is 0.0648. The number of nitrogens with two attached hydrogens (primary N) is 1. The highest BCUT2D eigenvalue weighted by molar-refractivity contribution is 5.99. The molecule has 126 valence electrons. The van der Waals surface area contributed by atoms with Crippen molar-refractivity contribution >= 4 is 17.5 Å². The average molecular weight is 321 g/mol. The summed E-state index contributed by atoms with van der Waals surface area (Å²) in [5, 5.41) is 2.75. The molecule has 0 aromatic heterocycles. The highest BCUT2D eigenvalue weighted by Crippen LogP contribution is 2.19. The second-order valence-electron chi connectivity index (χ2n) is 5.49. The number of amides is 2. The molecule has 1 aromatic rings. The van der Waals surface area contributed by atoms with Crippen LogP contribution in [0.4, 0.5) is 5.69 Å². The number of anilines is 1. The summed E-state index contributed by atoms with van der Waals surface area (Å²) in [5.74, 6) is -0.407. The lowest BCUT2D eigenvalue weighted by molar-refractivity contribution is -0.118. The number of hydrogen-bond acceptors (Lipinski definition) is 5. The van der Waals surface area contributed by atoms with Crippen molar-refractivity contribution in [2.75, 3.05) is 45.3 Å². The zero-order chi connectivity index (χ0) is 16.8. The summed E-state index contributed by atoms with van der Waals surface area (Å²) in [6.45, 7) is 4.25. The largest absolute Gasteiger partial charge is 0.383 e. The highest BCUT2D eigenvalue weighted by atomic mass is 16.5. The minimum Gasteiger partial charge on any atom is -0.383 e. The second-order valence-corrected chi connectivity index (χ2v) is 5.49. The maximum absolute atomic E-state index is 12.5. The van der Waals surface area contributed by atoms with Crippen LogP contribution in [-0.4, -0.2) is 62.8 Å². The standard InChI is InChI=1S/C16H23N3O4/c1-11-3-4-12(16(21)19-5-7-23-8-6-19)9-14(11)18-15(20)13(17)10-22-2/h3-4,9,13H,5-8,10,17H2,1-2H3,(H,18,20). The fraction of sp³-hybridized carbons (Fsp3) is 0.500. The molecule has 1 fully saturated rings. The van der Waals surface area contributed by atoms with Gasteiger partial charge in [0, 0.05) is 31.5 Å². The van der Waals surface area contributed by atoms with Crippen molar-refractivity contribution in [1.82, 2.24) is 4.90 Å². The number of ether oxygens (including phenoxy) is 2. The number of rotatable bonds is 5. The maximum atomic E-state index is 12.5. The van der Waals surface area contributed by atoms with Gasteiger partial charge >= 0.3 is 0 Å². The predicted octanol–water partition coefficient (Wildman–Crippen LogP) is 0.380. The summed E-state index contributed by atoms with van der Waals surface area (Å²) in [7, 11) is 1.49. The number of carbonyl (C=O) groups is 2. The number of morpholine rings is 1. The molecule has 0 spiro atoms. The first-order valence-electron chi connectivity index (χ1n) is 7.56. The normalized spacial score (nSPS) is 16.0. The van der Waals surface area contributed by atoms with Crippen LogP contribution in [0.2, 0.25) is 0 Å². The van der Waals surface area contributed by atoms with E-state index in [2.05, 4.69) is 5.32 Å². The predicted molar refractivity (Wildman–Crippen MR) is 86.4 cm³/mol. The fourth-order valence-electron chi connectivity index (χ4n) is 2.32. The third-order valence-corrected chi connectivity index (χ3v) is 3.72.